The maximum atomic E-state index is 12.4. The third-order valence-corrected chi connectivity index (χ3v) is 5.95. The van der Waals surface area contributed by atoms with E-state index < -0.39 is 5.97 Å². The van der Waals surface area contributed by atoms with Crippen molar-refractivity contribution in [3.05, 3.63) is 43.8 Å². The molecule has 22 heavy (non-hydrogen) atoms. The predicted octanol–water partition coefficient (Wildman–Crippen LogP) is 3.67. The van der Waals surface area contributed by atoms with E-state index in [4.69, 9.17) is 0 Å². The van der Waals surface area contributed by atoms with E-state index >= 15 is 0 Å². The molecule has 0 amide bonds. The standard InChI is InChI=1S/C17H16INO3/c18-11-3-4-12-15(7-11)19(8-13(16(12)20)17(21)22)14-6-9-1-2-10(14)5-9/h3-4,7-10,14H,1-2,5-6H2,(H,21,22). The second-order valence-electron chi connectivity index (χ2n) is 6.49. The lowest BCUT2D eigenvalue weighted by molar-refractivity contribution is 0.0694. The second kappa shape index (κ2) is 5.08. The molecule has 1 aromatic carbocycles. The van der Waals surface area contributed by atoms with E-state index in [1.54, 1.807) is 12.3 Å². The third kappa shape index (κ3) is 2.09. The number of halogens is 1. The summed E-state index contributed by atoms with van der Waals surface area (Å²) in [6.45, 7) is 0. The van der Waals surface area contributed by atoms with E-state index in [0.717, 1.165) is 21.4 Å². The number of fused-ring (bicyclic) bond motifs is 3. The van der Waals surface area contributed by atoms with Crippen LogP contribution in [0, 0.1) is 15.4 Å². The molecular formula is C17H16INO3. The van der Waals surface area contributed by atoms with E-state index in [9.17, 15) is 14.7 Å². The number of hydrogen-bond donors (Lipinski definition) is 1. The van der Waals surface area contributed by atoms with Crippen LogP contribution in [0.1, 0.15) is 42.1 Å². The van der Waals surface area contributed by atoms with Crippen molar-refractivity contribution < 1.29 is 9.90 Å². The molecule has 2 aromatic rings. The van der Waals surface area contributed by atoms with Gasteiger partial charge in [0.25, 0.3) is 0 Å². The lowest BCUT2D eigenvalue weighted by atomic mass is 9.94. The van der Waals surface area contributed by atoms with Crippen molar-refractivity contribution in [3.63, 3.8) is 0 Å². The number of carboxylic acid groups (broad SMARTS) is 1. The average molecular weight is 409 g/mol. The molecule has 2 saturated carbocycles. The average Bonchev–Trinajstić information content (AvgIpc) is 3.09. The molecule has 2 fully saturated rings. The molecule has 114 valence electrons. The molecule has 0 aliphatic heterocycles. The highest BCUT2D eigenvalue weighted by Crippen LogP contribution is 2.51. The van der Waals surface area contributed by atoms with Gasteiger partial charge in [-0.25, -0.2) is 4.79 Å². The smallest absolute Gasteiger partial charge is 0.341 e. The molecule has 0 radical (unpaired) electrons. The van der Waals surface area contributed by atoms with Gasteiger partial charge >= 0.3 is 5.97 Å². The minimum Gasteiger partial charge on any atom is -0.477 e. The molecule has 0 spiro atoms. The number of aromatic nitrogens is 1. The molecule has 1 aromatic heterocycles. The van der Waals surface area contributed by atoms with Gasteiger partial charge in [0.15, 0.2) is 0 Å². The van der Waals surface area contributed by atoms with Crippen LogP contribution in [0.3, 0.4) is 0 Å². The molecule has 5 heteroatoms. The number of aromatic carboxylic acids is 1. The molecule has 1 N–H and O–H groups in total. The summed E-state index contributed by atoms with van der Waals surface area (Å²) in [4.78, 5) is 23.9. The monoisotopic (exact) mass is 409 g/mol. The van der Waals surface area contributed by atoms with Crippen molar-refractivity contribution in [2.45, 2.75) is 31.7 Å². The Kier molecular flexibility index (Phi) is 3.29. The first kappa shape index (κ1) is 14.2. The van der Waals surface area contributed by atoms with E-state index in [-0.39, 0.29) is 11.0 Å². The maximum absolute atomic E-state index is 12.4. The Morgan fingerprint density at radius 3 is 2.73 bits per heavy atom. The predicted molar refractivity (Wildman–Crippen MR) is 92.4 cm³/mol. The summed E-state index contributed by atoms with van der Waals surface area (Å²) in [6.07, 6.45) is 6.43. The number of carbonyl (C=O) groups is 1. The van der Waals surface area contributed by atoms with Gasteiger partial charge in [-0.3, -0.25) is 4.79 Å². The number of nitrogens with zero attached hydrogens (tertiary/aromatic N) is 1. The Labute approximate surface area is 141 Å². The number of pyridine rings is 1. The highest BCUT2D eigenvalue weighted by molar-refractivity contribution is 14.1. The van der Waals surface area contributed by atoms with Crippen LogP contribution in [0.4, 0.5) is 0 Å². The lowest BCUT2D eigenvalue weighted by Gasteiger charge is -2.27. The van der Waals surface area contributed by atoms with Crippen molar-refractivity contribution in [3.8, 4) is 0 Å². The number of carboxylic acids is 1. The maximum Gasteiger partial charge on any atom is 0.341 e. The van der Waals surface area contributed by atoms with Gasteiger partial charge in [-0.05, 0) is 71.9 Å². The van der Waals surface area contributed by atoms with Crippen LogP contribution in [-0.4, -0.2) is 15.6 Å². The Morgan fingerprint density at radius 1 is 1.27 bits per heavy atom. The largest absolute Gasteiger partial charge is 0.477 e. The van der Waals surface area contributed by atoms with Gasteiger partial charge in [0.2, 0.25) is 5.43 Å². The van der Waals surface area contributed by atoms with Crippen molar-refractivity contribution in [1.82, 2.24) is 4.57 Å². The zero-order valence-corrected chi connectivity index (χ0v) is 14.1. The molecule has 3 unspecified atom stereocenters. The minimum absolute atomic E-state index is 0.114. The van der Waals surface area contributed by atoms with Gasteiger partial charge in [0, 0.05) is 21.2 Å². The summed E-state index contributed by atoms with van der Waals surface area (Å²) in [7, 11) is 0. The first-order valence-corrected chi connectivity index (χ1v) is 8.70. The number of benzene rings is 1. The van der Waals surface area contributed by atoms with Crippen LogP contribution in [0.2, 0.25) is 0 Å². The Balaban J connectivity index is 1.99. The molecule has 4 nitrogen and oxygen atoms in total. The zero-order chi connectivity index (χ0) is 15.4. The first-order valence-electron chi connectivity index (χ1n) is 7.62. The van der Waals surface area contributed by atoms with Crippen LogP contribution in [0.25, 0.3) is 10.9 Å². The van der Waals surface area contributed by atoms with Crippen LogP contribution >= 0.6 is 22.6 Å². The van der Waals surface area contributed by atoms with Crippen LogP contribution in [0.15, 0.2) is 29.2 Å². The van der Waals surface area contributed by atoms with Gasteiger partial charge in [-0.2, -0.15) is 0 Å². The van der Waals surface area contributed by atoms with Crippen LogP contribution in [0.5, 0.6) is 0 Å². The first-order chi connectivity index (χ1) is 10.5. The van der Waals surface area contributed by atoms with Crippen LogP contribution in [-0.2, 0) is 0 Å². The molecule has 1 heterocycles. The molecule has 0 saturated heterocycles. The van der Waals surface area contributed by atoms with Crippen molar-refractivity contribution in [2.75, 3.05) is 0 Å². The Bertz CT molecular complexity index is 842. The SMILES string of the molecule is O=C(O)c1cn(C2CC3CCC2C3)c2cc(I)ccc2c1=O. The van der Waals surface area contributed by atoms with Crippen molar-refractivity contribution in [2.24, 2.45) is 11.8 Å². The molecule has 2 aliphatic rings. The Morgan fingerprint density at radius 2 is 2.09 bits per heavy atom. The minimum atomic E-state index is -1.14. The summed E-state index contributed by atoms with van der Waals surface area (Å²) in [6, 6.07) is 5.95. The van der Waals surface area contributed by atoms with E-state index in [0.29, 0.717) is 17.3 Å². The molecule has 4 rings (SSSR count). The van der Waals surface area contributed by atoms with E-state index in [1.807, 2.05) is 12.1 Å². The molecular weight excluding hydrogens is 393 g/mol. The summed E-state index contributed by atoms with van der Waals surface area (Å²) in [5.41, 5.74) is 0.384. The van der Waals surface area contributed by atoms with Gasteiger partial charge in [-0.15, -0.1) is 0 Å². The second-order valence-corrected chi connectivity index (χ2v) is 7.73. The normalized spacial score (nSPS) is 26.7. The Hall–Kier alpha value is -1.37. The van der Waals surface area contributed by atoms with Gasteiger partial charge in [0.05, 0.1) is 5.52 Å². The third-order valence-electron chi connectivity index (χ3n) is 5.28. The number of hydrogen-bond acceptors (Lipinski definition) is 2. The summed E-state index contributed by atoms with van der Waals surface area (Å²) >= 11 is 2.23. The summed E-state index contributed by atoms with van der Waals surface area (Å²) < 4.78 is 3.14. The fourth-order valence-corrected chi connectivity index (χ4v) is 4.78. The van der Waals surface area contributed by atoms with E-state index in [1.165, 1.54) is 19.3 Å². The summed E-state index contributed by atoms with van der Waals surface area (Å²) in [5.74, 6) is 0.248. The zero-order valence-electron chi connectivity index (χ0n) is 12.0. The summed E-state index contributed by atoms with van der Waals surface area (Å²) in [5, 5.41) is 9.88. The fraction of sp³-hybridized carbons (Fsp3) is 0.412. The van der Waals surface area contributed by atoms with Gasteiger partial charge in [0.1, 0.15) is 5.56 Å². The highest BCUT2D eigenvalue weighted by Gasteiger charge is 2.40. The fourth-order valence-electron chi connectivity index (χ4n) is 4.30. The molecule has 2 aliphatic carbocycles. The van der Waals surface area contributed by atoms with Gasteiger partial charge < -0.3 is 9.67 Å². The highest BCUT2D eigenvalue weighted by atomic mass is 127. The van der Waals surface area contributed by atoms with Crippen molar-refractivity contribution in [1.29, 1.82) is 0 Å². The molecule has 2 bridgehead atoms. The quantitative estimate of drug-likeness (QED) is 0.771. The number of rotatable bonds is 2. The van der Waals surface area contributed by atoms with Crippen molar-refractivity contribution >= 4 is 39.5 Å². The van der Waals surface area contributed by atoms with E-state index in [2.05, 4.69) is 27.2 Å². The van der Waals surface area contributed by atoms with Crippen LogP contribution < -0.4 is 5.43 Å². The lowest BCUT2D eigenvalue weighted by Crippen LogP contribution is -2.23. The topological polar surface area (TPSA) is 59.3 Å². The van der Waals surface area contributed by atoms with Gasteiger partial charge in [-0.1, -0.05) is 6.42 Å². The molecule has 3 atom stereocenters.